The van der Waals surface area contributed by atoms with Crippen LogP contribution in [0.4, 0.5) is 0 Å². The molecule has 1 rings (SSSR count). The zero-order valence-corrected chi connectivity index (χ0v) is 5.49. The summed E-state index contributed by atoms with van der Waals surface area (Å²) in [5, 5.41) is 0.523. The van der Waals surface area contributed by atoms with Gasteiger partial charge >= 0.3 is 0 Å². The molecule has 0 atom stereocenters. The SMILES string of the molecule is C=C1CN(C)C(=S)O1. The highest BCUT2D eigenvalue weighted by atomic mass is 32.1. The predicted molar refractivity (Wildman–Crippen MR) is 35.5 cm³/mol. The summed E-state index contributed by atoms with van der Waals surface area (Å²) < 4.78 is 4.94. The van der Waals surface area contributed by atoms with Crippen LogP contribution in [-0.4, -0.2) is 23.7 Å². The third-order valence-electron chi connectivity index (χ3n) is 0.957. The normalized spacial score (nSPS) is 19.4. The Balaban J connectivity index is 2.64. The van der Waals surface area contributed by atoms with Gasteiger partial charge in [-0.15, -0.1) is 0 Å². The van der Waals surface area contributed by atoms with Gasteiger partial charge in [-0.25, -0.2) is 0 Å². The zero-order valence-electron chi connectivity index (χ0n) is 4.68. The van der Waals surface area contributed by atoms with Crippen LogP contribution in [0.2, 0.25) is 0 Å². The van der Waals surface area contributed by atoms with Crippen molar-refractivity contribution in [2.45, 2.75) is 0 Å². The molecule has 0 aliphatic carbocycles. The van der Waals surface area contributed by atoms with E-state index in [2.05, 4.69) is 6.58 Å². The van der Waals surface area contributed by atoms with Gasteiger partial charge in [-0.3, -0.25) is 0 Å². The van der Waals surface area contributed by atoms with E-state index in [9.17, 15) is 0 Å². The summed E-state index contributed by atoms with van der Waals surface area (Å²) in [6, 6.07) is 0. The third-order valence-corrected chi connectivity index (χ3v) is 1.35. The molecule has 1 saturated heterocycles. The van der Waals surface area contributed by atoms with Crippen molar-refractivity contribution in [1.82, 2.24) is 4.90 Å². The average Bonchev–Trinajstić information content (AvgIpc) is 1.85. The molecule has 0 N–H and O–H groups in total. The molecule has 1 aliphatic rings. The molecule has 0 saturated carbocycles. The molecule has 0 radical (unpaired) electrons. The average molecular weight is 129 g/mol. The van der Waals surface area contributed by atoms with Crippen LogP contribution in [0.25, 0.3) is 0 Å². The first-order chi connectivity index (χ1) is 3.70. The van der Waals surface area contributed by atoms with Gasteiger partial charge in [0.2, 0.25) is 0 Å². The molecule has 0 aromatic carbocycles. The van der Waals surface area contributed by atoms with Crippen molar-refractivity contribution >= 4 is 17.4 Å². The van der Waals surface area contributed by atoms with Crippen molar-refractivity contribution in [2.75, 3.05) is 13.6 Å². The van der Waals surface area contributed by atoms with E-state index < -0.39 is 0 Å². The van der Waals surface area contributed by atoms with Crippen LogP contribution in [0.15, 0.2) is 12.3 Å². The van der Waals surface area contributed by atoms with Crippen molar-refractivity contribution in [1.29, 1.82) is 0 Å². The van der Waals surface area contributed by atoms with E-state index in [1.54, 1.807) is 0 Å². The lowest BCUT2D eigenvalue weighted by Gasteiger charge is -2.02. The van der Waals surface area contributed by atoms with Crippen molar-refractivity contribution in [3.8, 4) is 0 Å². The summed E-state index contributed by atoms with van der Waals surface area (Å²) in [4.78, 5) is 1.83. The number of nitrogens with zero attached hydrogens (tertiary/aromatic N) is 1. The highest BCUT2D eigenvalue weighted by Crippen LogP contribution is 2.08. The molecule has 0 bridgehead atoms. The monoisotopic (exact) mass is 129 g/mol. The smallest absolute Gasteiger partial charge is 0.264 e. The van der Waals surface area contributed by atoms with Gasteiger partial charge in [0.05, 0.1) is 6.54 Å². The molecule has 1 aliphatic heterocycles. The molecule has 1 fully saturated rings. The lowest BCUT2D eigenvalue weighted by atomic mass is 10.6. The van der Waals surface area contributed by atoms with Gasteiger partial charge < -0.3 is 9.64 Å². The fraction of sp³-hybridized carbons (Fsp3) is 0.400. The molecule has 3 heteroatoms. The van der Waals surface area contributed by atoms with Crippen LogP contribution in [0.3, 0.4) is 0 Å². The minimum absolute atomic E-state index is 0.523. The van der Waals surface area contributed by atoms with E-state index >= 15 is 0 Å². The van der Waals surface area contributed by atoms with Gasteiger partial charge in [0.1, 0.15) is 5.76 Å². The van der Waals surface area contributed by atoms with E-state index in [1.165, 1.54) is 0 Å². The van der Waals surface area contributed by atoms with Gasteiger partial charge in [-0.05, 0) is 12.2 Å². The third kappa shape index (κ3) is 0.816. The largest absolute Gasteiger partial charge is 0.435 e. The molecule has 0 amide bonds. The number of hydrogen-bond donors (Lipinski definition) is 0. The highest BCUT2D eigenvalue weighted by molar-refractivity contribution is 7.80. The minimum atomic E-state index is 0.523. The van der Waals surface area contributed by atoms with Crippen LogP contribution in [-0.2, 0) is 4.74 Å². The Hall–Kier alpha value is -0.570. The van der Waals surface area contributed by atoms with E-state index in [1.807, 2.05) is 11.9 Å². The Morgan fingerprint density at radius 1 is 1.88 bits per heavy atom. The second-order valence-electron chi connectivity index (χ2n) is 1.76. The molecule has 0 unspecified atom stereocenters. The van der Waals surface area contributed by atoms with Crippen LogP contribution in [0.1, 0.15) is 0 Å². The molecular formula is C5H7NOS. The maximum Gasteiger partial charge on any atom is 0.264 e. The first-order valence-corrected chi connectivity index (χ1v) is 2.71. The first kappa shape index (κ1) is 5.56. The van der Waals surface area contributed by atoms with Crippen molar-refractivity contribution in [2.24, 2.45) is 0 Å². The molecule has 2 nitrogen and oxygen atoms in total. The van der Waals surface area contributed by atoms with Gasteiger partial charge in [-0.2, -0.15) is 0 Å². The summed E-state index contributed by atoms with van der Waals surface area (Å²) in [7, 11) is 1.88. The Bertz CT molecular complexity index is 143. The van der Waals surface area contributed by atoms with E-state index in [0.29, 0.717) is 5.17 Å². The summed E-state index contributed by atoms with van der Waals surface area (Å²) in [6.07, 6.45) is 0. The van der Waals surface area contributed by atoms with Crippen molar-refractivity contribution in [3.05, 3.63) is 12.3 Å². The fourth-order valence-corrected chi connectivity index (χ4v) is 0.745. The molecule has 44 valence electrons. The standard InChI is InChI=1S/C5H7NOS/c1-4-3-6(2)5(8)7-4/h1,3H2,2H3. The number of ether oxygens (including phenoxy) is 1. The first-order valence-electron chi connectivity index (χ1n) is 2.31. The summed E-state index contributed by atoms with van der Waals surface area (Å²) in [5.74, 6) is 0.734. The molecule has 8 heavy (non-hydrogen) atoms. The highest BCUT2D eigenvalue weighted by Gasteiger charge is 2.16. The maximum atomic E-state index is 4.94. The topological polar surface area (TPSA) is 12.5 Å². The number of hydrogen-bond acceptors (Lipinski definition) is 2. The van der Waals surface area contributed by atoms with E-state index in [4.69, 9.17) is 17.0 Å². The second kappa shape index (κ2) is 1.74. The van der Waals surface area contributed by atoms with Crippen LogP contribution >= 0.6 is 12.2 Å². The van der Waals surface area contributed by atoms with Gasteiger partial charge in [0.25, 0.3) is 5.17 Å². The maximum absolute atomic E-state index is 4.94. The fourth-order valence-electron chi connectivity index (χ4n) is 0.563. The summed E-state index contributed by atoms with van der Waals surface area (Å²) in [5.41, 5.74) is 0. The van der Waals surface area contributed by atoms with Crippen molar-refractivity contribution in [3.63, 3.8) is 0 Å². The Morgan fingerprint density at radius 3 is 2.62 bits per heavy atom. The zero-order chi connectivity index (χ0) is 6.15. The molecule has 0 aromatic rings. The number of likely N-dealkylation sites (N-methyl/N-ethyl adjacent to an activating group) is 1. The van der Waals surface area contributed by atoms with Gasteiger partial charge in [-0.1, -0.05) is 6.58 Å². The molecule has 0 aromatic heterocycles. The quantitative estimate of drug-likeness (QED) is 0.448. The van der Waals surface area contributed by atoms with Crippen LogP contribution in [0, 0.1) is 0 Å². The molecule has 0 spiro atoms. The number of rotatable bonds is 0. The Kier molecular flexibility index (Phi) is 1.21. The lowest BCUT2D eigenvalue weighted by molar-refractivity contribution is 0.448. The number of thiocarbonyl (C=S) groups is 1. The lowest BCUT2D eigenvalue weighted by Crippen LogP contribution is -2.16. The van der Waals surface area contributed by atoms with Gasteiger partial charge in [0.15, 0.2) is 0 Å². The Labute approximate surface area is 53.7 Å². The van der Waals surface area contributed by atoms with E-state index in [0.717, 1.165) is 12.3 Å². The Morgan fingerprint density at radius 2 is 2.50 bits per heavy atom. The predicted octanol–water partition coefficient (Wildman–Crippen LogP) is 0.747. The molecular weight excluding hydrogens is 122 g/mol. The molecule has 1 heterocycles. The van der Waals surface area contributed by atoms with Crippen molar-refractivity contribution < 1.29 is 4.74 Å². The van der Waals surface area contributed by atoms with Crippen LogP contribution < -0.4 is 0 Å². The van der Waals surface area contributed by atoms with E-state index in [-0.39, 0.29) is 0 Å². The summed E-state index contributed by atoms with van der Waals surface area (Å²) >= 11 is 4.76. The van der Waals surface area contributed by atoms with Crippen LogP contribution in [0.5, 0.6) is 0 Å². The van der Waals surface area contributed by atoms with Gasteiger partial charge in [0, 0.05) is 7.05 Å². The minimum Gasteiger partial charge on any atom is -0.435 e. The second-order valence-corrected chi connectivity index (χ2v) is 2.11. The summed E-state index contributed by atoms with van der Waals surface area (Å²) in [6.45, 7) is 4.34.